The van der Waals surface area contributed by atoms with Gasteiger partial charge >= 0.3 is 6.18 Å². The summed E-state index contributed by atoms with van der Waals surface area (Å²) in [5, 5.41) is 3.12. The number of rotatable bonds is 3. The molecule has 1 heterocycles. The largest absolute Gasteiger partial charge is 0.390 e. The van der Waals surface area contributed by atoms with Gasteiger partial charge in [0.15, 0.2) is 0 Å². The van der Waals surface area contributed by atoms with Crippen LogP contribution in [0.25, 0.3) is 0 Å². The Morgan fingerprint density at radius 1 is 1.27 bits per heavy atom. The van der Waals surface area contributed by atoms with Crippen LogP contribution in [0.3, 0.4) is 0 Å². The predicted molar refractivity (Wildman–Crippen MR) is 81.3 cm³/mol. The van der Waals surface area contributed by atoms with Crippen LogP contribution in [0, 0.1) is 12.7 Å². The van der Waals surface area contributed by atoms with Gasteiger partial charge in [-0.2, -0.15) is 13.2 Å². The van der Waals surface area contributed by atoms with E-state index in [1.807, 2.05) is 0 Å². The Bertz CT molecular complexity index is 502. The zero-order valence-electron chi connectivity index (χ0n) is 12.0. The van der Waals surface area contributed by atoms with Crippen molar-refractivity contribution in [3.63, 3.8) is 0 Å². The fourth-order valence-electron chi connectivity index (χ4n) is 2.61. The summed E-state index contributed by atoms with van der Waals surface area (Å²) in [6, 6.07) is 1.85. The third kappa shape index (κ3) is 4.72. The minimum absolute atomic E-state index is 0. The fraction of sp³-hybridized carbons (Fsp3) is 0.571. The maximum absolute atomic E-state index is 14.3. The van der Waals surface area contributed by atoms with Gasteiger partial charge in [-0.25, -0.2) is 4.39 Å². The second kappa shape index (κ2) is 7.81. The molecule has 22 heavy (non-hydrogen) atoms. The number of nitrogens with zero attached hydrogens (tertiary/aromatic N) is 1. The molecule has 126 valence electrons. The molecule has 1 aliphatic heterocycles. The molecule has 0 saturated carbocycles. The number of alkyl halides is 3. The van der Waals surface area contributed by atoms with Gasteiger partial charge in [-0.1, -0.05) is 17.7 Å². The lowest BCUT2D eigenvalue weighted by atomic mass is 9.98. The van der Waals surface area contributed by atoms with Gasteiger partial charge in [0, 0.05) is 42.8 Å². The average molecular weight is 361 g/mol. The van der Waals surface area contributed by atoms with Gasteiger partial charge < -0.3 is 5.32 Å². The lowest BCUT2D eigenvalue weighted by Gasteiger charge is -2.36. The molecule has 1 N–H and O–H groups in total. The van der Waals surface area contributed by atoms with E-state index < -0.39 is 24.5 Å². The van der Waals surface area contributed by atoms with E-state index in [1.54, 1.807) is 4.90 Å². The number of benzene rings is 1. The molecular formula is C14H18Cl2F4N2. The normalized spacial score (nSPS) is 17.9. The first-order chi connectivity index (χ1) is 9.79. The average Bonchev–Trinajstić information content (AvgIpc) is 2.42. The summed E-state index contributed by atoms with van der Waals surface area (Å²) in [5.41, 5.74) is 0.257. The monoisotopic (exact) mass is 360 g/mol. The molecule has 0 bridgehead atoms. The molecule has 1 atom stereocenters. The number of piperazine rings is 1. The van der Waals surface area contributed by atoms with E-state index in [4.69, 9.17) is 11.6 Å². The third-order valence-corrected chi connectivity index (χ3v) is 4.00. The predicted octanol–water partition coefficient (Wildman–Crippen LogP) is 4.11. The smallest absolute Gasteiger partial charge is 0.314 e. The van der Waals surface area contributed by atoms with Crippen molar-refractivity contribution >= 4 is 24.0 Å². The van der Waals surface area contributed by atoms with E-state index in [2.05, 4.69) is 5.32 Å². The van der Waals surface area contributed by atoms with Crippen LogP contribution in [-0.2, 0) is 0 Å². The molecule has 0 unspecified atom stereocenters. The van der Waals surface area contributed by atoms with E-state index >= 15 is 0 Å². The van der Waals surface area contributed by atoms with E-state index in [1.165, 1.54) is 19.1 Å². The van der Waals surface area contributed by atoms with Crippen LogP contribution in [0.5, 0.6) is 0 Å². The second-order valence-electron chi connectivity index (χ2n) is 5.21. The van der Waals surface area contributed by atoms with Crippen LogP contribution in [0.15, 0.2) is 12.1 Å². The van der Waals surface area contributed by atoms with Crippen LogP contribution in [0.2, 0.25) is 5.02 Å². The van der Waals surface area contributed by atoms with Crippen molar-refractivity contribution in [2.24, 2.45) is 0 Å². The van der Waals surface area contributed by atoms with E-state index in [0.29, 0.717) is 31.7 Å². The van der Waals surface area contributed by atoms with Gasteiger partial charge in [-0.3, -0.25) is 4.90 Å². The maximum atomic E-state index is 14.3. The van der Waals surface area contributed by atoms with E-state index in [0.717, 1.165) is 0 Å². The van der Waals surface area contributed by atoms with Crippen molar-refractivity contribution in [3.8, 4) is 0 Å². The maximum Gasteiger partial charge on any atom is 0.390 e. The summed E-state index contributed by atoms with van der Waals surface area (Å²) in [7, 11) is 0. The van der Waals surface area contributed by atoms with Gasteiger partial charge in [-0.15, -0.1) is 12.4 Å². The number of hydrogen-bond donors (Lipinski definition) is 1. The van der Waals surface area contributed by atoms with Gasteiger partial charge in [0.2, 0.25) is 0 Å². The Hall–Kier alpha value is -0.560. The molecule has 2 nitrogen and oxygen atoms in total. The summed E-state index contributed by atoms with van der Waals surface area (Å²) in [5.74, 6) is -0.643. The van der Waals surface area contributed by atoms with Crippen LogP contribution in [0.4, 0.5) is 17.6 Å². The molecule has 1 fully saturated rings. The van der Waals surface area contributed by atoms with Gasteiger partial charge in [-0.05, 0) is 18.6 Å². The molecule has 0 amide bonds. The molecule has 1 saturated heterocycles. The van der Waals surface area contributed by atoms with Crippen molar-refractivity contribution in [1.82, 2.24) is 10.2 Å². The van der Waals surface area contributed by atoms with E-state index in [9.17, 15) is 17.6 Å². The second-order valence-corrected chi connectivity index (χ2v) is 5.62. The minimum Gasteiger partial charge on any atom is -0.314 e. The first kappa shape index (κ1) is 19.5. The molecule has 8 heteroatoms. The summed E-state index contributed by atoms with van der Waals surface area (Å²) < 4.78 is 53.1. The number of aryl methyl sites for hydroxylation is 1. The van der Waals surface area contributed by atoms with Crippen molar-refractivity contribution < 1.29 is 17.6 Å². The summed E-state index contributed by atoms with van der Waals surface area (Å²) in [6.45, 7) is 3.56. The molecule has 0 radical (unpaired) electrons. The van der Waals surface area contributed by atoms with Crippen LogP contribution < -0.4 is 5.32 Å². The Kier molecular flexibility index (Phi) is 6.92. The number of nitrogens with one attached hydrogen (secondary N) is 1. The van der Waals surface area contributed by atoms with Gasteiger partial charge in [0.25, 0.3) is 0 Å². The highest BCUT2D eigenvalue weighted by Crippen LogP contribution is 2.39. The number of hydrogen-bond acceptors (Lipinski definition) is 2. The summed E-state index contributed by atoms with van der Waals surface area (Å²) >= 11 is 5.99. The molecule has 2 rings (SSSR count). The Balaban J connectivity index is 0.00000242. The standard InChI is InChI=1S/C14H17ClF4N2.ClH/c1-9-2-3-10(15)12(13(9)16)11(8-14(17,18)19)21-6-4-20-5-7-21;/h2-3,11,20H,4-8H2,1H3;1H/t11-;/m0./s1. The highest BCUT2D eigenvalue weighted by Gasteiger charge is 2.38. The van der Waals surface area contributed by atoms with Crippen LogP contribution >= 0.6 is 24.0 Å². The molecule has 1 aliphatic rings. The summed E-state index contributed by atoms with van der Waals surface area (Å²) in [4.78, 5) is 1.65. The SMILES string of the molecule is Cc1ccc(Cl)c([C@H](CC(F)(F)F)N2CCNCC2)c1F.Cl. The lowest BCUT2D eigenvalue weighted by Crippen LogP contribution is -2.46. The Morgan fingerprint density at radius 3 is 2.41 bits per heavy atom. The lowest BCUT2D eigenvalue weighted by molar-refractivity contribution is -0.149. The summed E-state index contributed by atoms with van der Waals surface area (Å²) in [6.07, 6.45) is -5.48. The third-order valence-electron chi connectivity index (χ3n) is 3.67. The van der Waals surface area contributed by atoms with Crippen molar-refractivity contribution in [1.29, 1.82) is 0 Å². The Morgan fingerprint density at radius 2 is 1.86 bits per heavy atom. The van der Waals surface area contributed by atoms with Gasteiger partial charge in [0.1, 0.15) is 5.82 Å². The molecule has 0 aliphatic carbocycles. The molecule has 1 aromatic rings. The topological polar surface area (TPSA) is 15.3 Å². The first-order valence-corrected chi connectivity index (χ1v) is 7.13. The van der Waals surface area contributed by atoms with Crippen molar-refractivity contribution in [3.05, 3.63) is 34.1 Å². The molecular weight excluding hydrogens is 343 g/mol. The highest BCUT2D eigenvalue weighted by atomic mass is 35.5. The zero-order valence-corrected chi connectivity index (χ0v) is 13.6. The van der Waals surface area contributed by atoms with E-state index in [-0.39, 0.29) is 23.0 Å². The highest BCUT2D eigenvalue weighted by molar-refractivity contribution is 6.31. The molecule has 0 spiro atoms. The minimum atomic E-state index is -4.38. The Labute approximate surface area is 138 Å². The van der Waals surface area contributed by atoms with Crippen LogP contribution in [0.1, 0.15) is 23.6 Å². The zero-order chi connectivity index (χ0) is 15.6. The quantitative estimate of drug-likeness (QED) is 0.816. The van der Waals surface area contributed by atoms with Crippen LogP contribution in [-0.4, -0.2) is 37.3 Å². The van der Waals surface area contributed by atoms with Crippen molar-refractivity contribution in [2.45, 2.75) is 25.6 Å². The molecule has 0 aromatic heterocycles. The van der Waals surface area contributed by atoms with Gasteiger partial charge in [0.05, 0.1) is 6.42 Å². The fourth-order valence-corrected chi connectivity index (χ4v) is 2.88. The molecule has 1 aromatic carbocycles. The first-order valence-electron chi connectivity index (χ1n) is 6.75. The number of halogens is 6. The van der Waals surface area contributed by atoms with Crippen molar-refractivity contribution in [2.75, 3.05) is 26.2 Å².